The molecule has 0 saturated carbocycles. The van der Waals surface area contributed by atoms with E-state index in [1.54, 1.807) is 50.5 Å². The van der Waals surface area contributed by atoms with Crippen molar-refractivity contribution in [2.45, 2.75) is 12.5 Å². The number of aliphatic hydroxyl groups is 1. The van der Waals surface area contributed by atoms with Crippen molar-refractivity contribution in [1.29, 1.82) is 0 Å². The predicted molar refractivity (Wildman–Crippen MR) is 89.1 cm³/mol. The summed E-state index contributed by atoms with van der Waals surface area (Å²) in [6.07, 6.45) is -0.956. The monoisotopic (exact) mass is 312 g/mol. The van der Waals surface area contributed by atoms with E-state index in [9.17, 15) is 14.7 Å². The lowest BCUT2D eigenvalue weighted by Crippen LogP contribution is -2.24. The first kappa shape index (κ1) is 16.7. The van der Waals surface area contributed by atoms with Gasteiger partial charge in [0.05, 0.1) is 23.8 Å². The second-order valence-electron chi connectivity index (χ2n) is 5.42. The van der Waals surface area contributed by atoms with Crippen LogP contribution in [-0.2, 0) is 4.79 Å². The third kappa shape index (κ3) is 4.40. The molecule has 23 heavy (non-hydrogen) atoms. The van der Waals surface area contributed by atoms with Crippen LogP contribution in [0.15, 0.2) is 54.6 Å². The standard InChI is InChI=1S/C18H20N2O3/c1-20(2)18(23)14-10-6-7-11-15(14)19-17(22)12-16(21)13-8-4-3-5-9-13/h3-11,16,21H,12H2,1-2H3,(H,19,22). The Morgan fingerprint density at radius 1 is 1.04 bits per heavy atom. The number of hydrogen-bond acceptors (Lipinski definition) is 3. The van der Waals surface area contributed by atoms with E-state index in [2.05, 4.69) is 5.32 Å². The first-order valence-corrected chi connectivity index (χ1v) is 7.32. The fourth-order valence-electron chi connectivity index (χ4n) is 2.19. The summed E-state index contributed by atoms with van der Waals surface area (Å²) in [4.78, 5) is 25.7. The van der Waals surface area contributed by atoms with Gasteiger partial charge in [0.15, 0.2) is 0 Å². The van der Waals surface area contributed by atoms with Crippen molar-refractivity contribution in [3.05, 3.63) is 65.7 Å². The first-order valence-electron chi connectivity index (χ1n) is 7.32. The molecule has 1 unspecified atom stereocenters. The average Bonchev–Trinajstić information content (AvgIpc) is 2.55. The lowest BCUT2D eigenvalue weighted by Gasteiger charge is -2.16. The van der Waals surface area contributed by atoms with Crippen LogP contribution >= 0.6 is 0 Å². The number of nitrogens with one attached hydrogen (secondary N) is 1. The molecule has 0 spiro atoms. The molecule has 0 fully saturated rings. The van der Waals surface area contributed by atoms with Gasteiger partial charge in [-0.05, 0) is 17.7 Å². The molecular formula is C18H20N2O3. The number of rotatable bonds is 5. The Labute approximate surface area is 135 Å². The number of carbonyl (C=O) groups is 2. The van der Waals surface area contributed by atoms with Crippen molar-refractivity contribution in [3.63, 3.8) is 0 Å². The smallest absolute Gasteiger partial charge is 0.255 e. The van der Waals surface area contributed by atoms with Crippen LogP contribution in [0.5, 0.6) is 0 Å². The Bertz CT molecular complexity index is 684. The molecule has 0 aromatic heterocycles. The van der Waals surface area contributed by atoms with Crippen molar-refractivity contribution in [1.82, 2.24) is 4.90 Å². The minimum absolute atomic E-state index is 0.0749. The van der Waals surface area contributed by atoms with Gasteiger partial charge in [0.2, 0.25) is 5.91 Å². The lowest BCUT2D eigenvalue weighted by atomic mass is 10.1. The third-order valence-electron chi connectivity index (χ3n) is 3.40. The van der Waals surface area contributed by atoms with Gasteiger partial charge in [0.25, 0.3) is 5.91 Å². The van der Waals surface area contributed by atoms with Crippen molar-refractivity contribution in [3.8, 4) is 0 Å². The number of benzene rings is 2. The molecule has 2 rings (SSSR count). The molecule has 2 amide bonds. The minimum atomic E-state index is -0.882. The predicted octanol–water partition coefficient (Wildman–Crippen LogP) is 2.45. The fourth-order valence-corrected chi connectivity index (χ4v) is 2.19. The van der Waals surface area contributed by atoms with Gasteiger partial charge in [-0.3, -0.25) is 9.59 Å². The number of nitrogens with zero attached hydrogens (tertiary/aromatic N) is 1. The van der Waals surface area contributed by atoms with Gasteiger partial charge in [-0.25, -0.2) is 0 Å². The summed E-state index contributed by atoms with van der Waals surface area (Å²) in [6, 6.07) is 15.8. The summed E-state index contributed by atoms with van der Waals surface area (Å²) in [5.74, 6) is -0.537. The molecule has 0 radical (unpaired) electrons. The normalized spacial score (nSPS) is 11.6. The summed E-state index contributed by atoms with van der Waals surface area (Å²) >= 11 is 0. The maximum Gasteiger partial charge on any atom is 0.255 e. The molecule has 120 valence electrons. The van der Waals surface area contributed by atoms with E-state index in [0.29, 0.717) is 16.8 Å². The van der Waals surface area contributed by atoms with Crippen molar-refractivity contribution in [2.24, 2.45) is 0 Å². The summed E-state index contributed by atoms with van der Waals surface area (Å²) < 4.78 is 0. The van der Waals surface area contributed by atoms with Gasteiger partial charge in [-0.15, -0.1) is 0 Å². The Morgan fingerprint density at radius 3 is 2.30 bits per heavy atom. The van der Waals surface area contributed by atoms with Crippen LogP contribution in [0.1, 0.15) is 28.4 Å². The third-order valence-corrected chi connectivity index (χ3v) is 3.40. The molecule has 2 aromatic carbocycles. The fraction of sp³-hybridized carbons (Fsp3) is 0.222. The molecule has 0 aliphatic rings. The molecule has 0 bridgehead atoms. The highest BCUT2D eigenvalue weighted by Gasteiger charge is 2.17. The maximum atomic E-state index is 12.1. The van der Waals surface area contributed by atoms with Crippen molar-refractivity contribution < 1.29 is 14.7 Å². The zero-order chi connectivity index (χ0) is 16.8. The topological polar surface area (TPSA) is 69.6 Å². The Kier molecular flexibility index (Phi) is 5.49. The van der Waals surface area contributed by atoms with Gasteiger partial charge < -0.3 is 15.3 Å². The molecule has 0 saturated heterocycles. The second-order valence-corrected chi connectivity index (χ2v) is 5.42. The van der Waals surface area contributed by atoms with Crippen molar-refractivity contribution >= 4 is 17.5 Å². The van der Waals surface area contributed by atoms with Crippen LogP contribution in [0, 0.1) is 0 Å². The molecule has 2 aromatic rings. The van der Waals surface area contributed by atoms with Crippen molar-refractivity contribution in [2.75, 3.05) is 19.4 Å². The zero-order valence-corrected chi connectivity index (χ0v) is 13.2. The molecule has 5 nitrogen and oxygen atoms in total. The average molecular weight is 312 g/mol. The van der Waals surface area contributed by atoms with E-state index in [-0.39, 0.29) is 18.2 Å². The molecule has 0 aliphatic carbocycles. The zero-order valence-electron chi connectivity index (χ0n) is 13.2. The van der Waals surface area contributed by atoms with Crippen LogP contribution in [0.2, 0.25) is 0 Å². The van der Waals surface area contributed by atoms with Gasteiger partial charge in [-0.1, -0.05) is 42.5 Å². The van der Waals surface area contributed by atoms with E-state index >= 15 is 0 Å². The summed E-state index contributed by atoms with van der Waals surface area (Å²) in [7, 11) is 3.31. The van der Waals surface area contributed by atoms with E-state index in [1.165, 1.54) is 4.90 Å². The Morgan fingerprint density at radius 2 is 1.65 bits per heavy atom. The molecule has 0 heterocycles. The van der Waals surface area contributed by atoms with Crippen LogP contribution in [-0.4, -0.2) is 35.9 Å². The maximum absolute atomic E-state index is 12.1. The highest BCUT2D eigenvalue weighted by atomic mass is 16.3. The summed E-state index contributed by atoms with van der Waals surface area (Å²) in [5, 5.41) is 12.8. The highest BCUT2D eigenvalue weighted by molar-refractivity contribution is 6.03. The van der Waals surface area contributed by atoms with Crippen LogP contribution in [0.3, 0.4) is 0 Å². The van der Waals surface area contributed by atoms with Gasteiger partial charge in [0.1, 0.15) is 0 Å². The SMILES string of the molecule is CN(C)C(=O)c1ccccc1NC(=O)CC(O)c1ccccc1. The van der Waals surface area contributed by atoms with Gasteiger partial charge >= 0.3 is 0 Å². The van der Waals surface area contributed by atoms with Crippen LogP contribution < -0.4 is 5.32 Å². The number of anilines is 1. The van der Waals surface area contributed by atoms with E-state index in [4.69, 9.17) is 0 Å². The van der Waals surface area contributed by atoms with E-state index in [0.717, 1.165) is 0 Å². The van der Waals surface area contributed by atoms with Gasteiger partial charge in [0, 0.05) is 14.1 Å². The molecular weight excluding hydrogens is 292 g/mol. The largest absolute Gasteiger partial charge is 0.388 e. The number of aliphatic hydroxyl groups excluding tert-OH is 1. The first-order chi connectivity index (χ1) is 11.0. The number of para-hydroxylation sites is 1. The van der Waals surface area contributed by atoms with E-state index < -0.39 is 6.10 Å². The Hall–Kier alpha value is -2.66. The Balaban J connectivity index is 2.08. The highest BCUT2D eigenvalue weighted by Crippen LogP contribution is 2.20. The minimum Gasteiger partial charge on any atom is -0.388 e. The lowest BCUT2D eigenvalue weighted by molar-refractivity contribution is -0.118. The number of amides is 2. The van der Waals surface area contributed by atoms with Crippen LogP contribution in [0.4, 0.5) is 5.69 Å². The summed E-state index contributed by atoms with van der Waals surface area (Å²) in [6.45, 7) is 0. The summed E-state index contributed by atoms with van der Waals surface area (Å²) in [5.41, 5.74) is 1.54. The molecule has 2 N–H and O–H groups in total. The van der Waals surface area contributed by atoms with Gasteiger partial charge in [-0.2, -0.15) is 0 Å². The quantitative estimate of drug-likeness (QED) is 0.891. The number of hydrogen-bond donors (Lipinski definition) is 2. The molecule has 0 aliphatic heterocycles. The molecule has 1 atom stereocenters. The van der Waals surface area contributed by atoms with E-state index in [1.807, 2.05) is 18.2 Å². The second kappa shape index (κ2) is 7.56. The number of carbonyl (C=O) groups excluding carboxylic acids is 2. The molecule has 5 heteroatoms. The van der Waals surface area contributed by atoms with Crippen LogP contribution in [0.25, 0.3) is 0 Å².